The number of benzene rings is 3. The zero-order valence-corrected chi connectivity index (χ0v) is 28.6. The number of aliphatic hydroxyl groups is 1. The minimum Gasteiger partial charge on any atom is -0.497 e. The lowest BCUT2D eigenvalue weighted by molar-refractivity contribution is -0.0177. The number of carbonyl (C=O) groups is 2. The van der Waals surface area contributed by atoms with Crippen LogP contribution in [0.1, 0.15) is 56.0 Å². The predicted molar refractivity (Wildman–Crippen MR) is 185 cm³/mol. The van der Waals surface area contributed by atoms with Gasteiger partial charge >= 0.3 is 6.03 Å². The summed E-state index contributed by atoms with van der Waals surface area (Å²) in [4.78, 5) is 31.0. The molecule has 1 heterocycles. The molecule has 0 fully saturated rings. The third-order valence-electron chi connectivity index (χ3n) is 8.51. The molecular formula is C37H49FN4O6. The van der Waals surface area contributed by atoms with Gasteiger partial charge in [0.2, 0.25) is 0 Å². The van der Waals surface area contributed by atoms with Crippen molar-refractivity contribution < 1.29 is 33.3 Å². The first-order valence-corrected chi connectivity index (χ1v) is 16.6. The molecule has 0 aromatic heterocycles. The number of hydrogen-bond donors (Lipinski definition) is 3. The molecule has 3 aromatic rings. The number of likely N-dealkylation sites (N-methyl/N-ethyl adjacent to an activating group) is 1. The van der Waals surface area contributed by atoms with Gasteiger partial charge in [-0.3, -0.25) is 9.69 Å². The van der Waals surface area contributed by atoms with Crippen molar-refractivity contribution >= 4 is 23.3 Å². The smallest absolute Gasteiger partial charge is 0.323 e. The van der Waals surface area contributed by atoms with Crippen molar-refractivity contribution in [2.45, 2.75) is 64.8 Å². The zero-order valence-electron chi connectivity index (χ0n) is 28.6. The number of fused-ring (bicyclic) bond motifs is 1. The van der Waals surface area contributed by atoms with Crippen molar-refractivity contribution in [2.75, 3.05) is 51.1 Å². The van der Waals surface area contributed by atoms with Crippen molar-refractivity contribution in [2.24, 2.45) is 5.92 Å². The first-order valence-electron chi connectivity index (χ1n) is 16.6. The molecule has 3 amide bonds. The molecule has 0 spiro atoms. The van der Waals surface area contributed by atoms with Crippen LogP contribution in [0.3, 0.4) is 0 Å². The highest BCUT2D eigenvalue weighted by Gasteiger charge is 2.30. The van der Waals surface area contributed by atoms with Gasteiger partial charge in [0.25, 0.3) is 5.91 Å². The third kappa shape index (κ3) is 10.7. The van der Waals surface area contributed by atoms with Crippen LogP contribution in [0, 0.1) is 11.7 Å². The highest BCUT2D eigenvalue weighted by molar-refractivity contribution is 6.02. The van der Waals surface area contributed by atoms with E-state index in [0.717, 1.165) is 37.1 Å². The lowest BCUT2D eigenvalue weighted by Gasteiger charge is -2.36. The Morgan fingerprint density at radius 2 is 1.75 bits per heavy atom. The fourth-order valence-electron chi connectivity index (χ4n) is 5.70. The minimum atomic E-state index is -0.544. The van der Waals surface area contributed by atoms with E-state index in [9.17, 15) is 19.1 Å². The van der Waals surface area contributed by atoms with Gasteiger partial charge in [-0.05, 0) is 100 Å². The van der Waals surface area contributed by atoms with E-state index in [2.05, 4.69) is 29.5 Å². The van der Waals surface area contributed by atoms with Gasteiger partial charge in [-0.2, -0.15) is 0 Å². The molecule has 4 atom stereocenters. The minimum absolute atomic E-state index is 0.0738. The molecule has 3 aromatic carbocycles. The Balaban J connectivity index is 1.57. The summed E-state index contributed by atoms with van der Waals surface area (Å²) in [6.07, 6.45) is 2.19. The van der Waals surface area contributed by atoms with Crippen LogP contribution < -0.4 is 20.1 Å². The molecule has 10 nitrogen and oxygen atoms in total. The van der Waals surface area contributed by atoms with E-state index in [0.29, 0.717) is 36.8 Å². The summed E-state index contributed by atoms with van der Waals surface area (Å²) in [5.41, 5.74) is 2.23. The number of hydrogen-bond acceptors (Lipinski definition) is 7. The molecule has 1 aliphatic rings. The summed E-state index contributed by atoms with van der Waals surface area (Å²) in [5.74, 6) is 0.411. The number of carbonyl (C=O) groups excluding carboxylic acids is 2. The van der Waals surface area contributed by atoms with Crippen LogP contribution in [0.2, 0.25) is 0 Å². The van der Waals surface area contributed by atoms with Gasteiger partial charge in [-0.25, -0.2) is 9.18 Å². The van der Waals surface area contributed by atoms with Crippen LogP contribution in [0.4, 0.5) is 20.6 Å². The Morgan fingerprint density at radius 3 is 2.44 bits per heavy atom. The Bertz CT molecular complexity index is 1470. The number of urea groups is 1. The molecule has 4 rings (SSSR count). The van der Waals surface area contributed by atoms with Gasteiger partial charge in [0, 0.05) is 43.5 Å². The van der Waals surface area contributed by atoms with Gasteiger partial charge in [-0.15, -0.1) is 0 Å². The van der Waals surface area contributed by atoms with Gasteiger partial charge in [-0.1, -0.05) is 19.1 Å². The molecule has 0 saturated carbocycles. The maximum Gasteiger partial charge on any atom is 0.323 e. The van der Waals surface area contributed by atoms with Crippen LogP contribution in [0.5, 0.6) is 11.5 Å². The standard InChI is InChI=1S/C37H49FN4O6/c1-25-21-42(26(2)24-43)36(44)33-20-31(40-37(45)39-30-13-11-29(38)12-14-30)15-18-34(33)48-27(3)8-6-7-19-47-35(25)23-41(4)22-28-9-16-32(46-5)17-10-28/h9-18,20,25-27,35,43H,6-8,19,21-24H2,1-5H3,(H2,39,40,45)/t25-,26+,27-,35-/m0/s1. The van der Waals surface area contributed by atoms with E-state index in [1.54, 1.807) is 37.1 Å². The van der Waals surface area contributed by atoms with E-state index < -0.39 is 17.9 Å². The predicted octanol–water partition coefficient (Wildman–Crippen LogP) is 6.41. The first-order chi connectivity index (χ1) is 23.1. The number of aliphatic hydroxyl groups excluding tert-OH is 1. The zero-order chi connectivity index (χ0) is 34.6. The van der Waals surface area contributed by atoms with Gasteiger partial charge in [0.1, 0.15) is 17.3 Å². The number of ether oxygens (including phenoxy) is 3. The molecule has 260 valence electrons. The Morgan fingerprint density at radius 1 is 1.06 bits per heavy atom. The van der Waals surface area contributed by atoms with Gasteiger partial charge in [0.15, 0.2) is 0 Å². The molecule has 0 radical (unpaired) electrons. The van der Waals surface area contributed by atoms with Crippen LogP contribution >= 0.6 is 0 Å². The maximum atomic E-state index is 14.4. The molecule has 0 saturated heterocycles. The third-order valence-corrected chi connectivity index (χ3v) is 8.51. The lowest BCUT2D eigenvalue weighted by Crippen LogP contribution is -2.47. The van der Waals surface area contributed by atoms with Crippen LogP contribution in [0.15, 0.2) is 66.7 Å². The topological polar surface area (TPSA) is 113 Å². The van der Waals surface area contributed by atoms with E-state index in [1.807, 2.05) is 31.2 Å². The summed E-state index contributed by atoms with van der Waals surface area (Å²) in [7, 11) is 3.71. The average molecular weight is 665 g/mol. The molecule has 0 unspecified atom stereocenters. The molecule has 11 heteroatoms. The number of rotatable bonds is 9. The lowest BCUT2D eigenvalue weighted by atomic mass is 10.0. The SMILES string of the molecule is COc1ccc(CN(C)C[C@@H]2OCCCC[C@H](C)Oc3ccc(NC(=O)Nc4ccc(F)cc4)cc3C(=O)N([C@H](C)CO)C[C@@H]2C)cc1. The summed E-state index contributed by atoms with van der Waals surface area (Å²) < 4.78 is 31.4. The molecule has 0 bridgehead atoms. The fraction of sp³-hybridized carbons (Fsp3) is 0.459. The van der Waals surface area contributed by atoms with Gasteiger partial charge in [0.05, 0.1) is 37.5 Å². The number of nitrogens with one attached hydrogen (secondary N) is 2. The number of halogens is 1. The summed E-state index contributed by atoms with van der Waals surface area (Å²) in [6, 6.07) is 17.3. The van der Waals surface area contributed by atoms with Gasteiger partial charge < -0.3 is 34.9 Å². The van der Waals surface area contributed by atoms with Crippen molar-refractivity contribution in [3.05, 3.63) is 83.7 Å². The summed E-state index contributed by atoms with van der Waals surface area (Å²) >= 11 is 0. The summed E-state index contributed by atoms with van der Waals surface area (Å²) in [6.45, 7) is 7.91. The van der Waals surface area contributed by atoms with E-state index in [-0.39, 0.29) is 36.2 Å². The molecular weight excluding hydrogens is 615 g/mol. The quantitative estimate of drug-likeness (QED) is 0.243. The molecule has 48 heavy (non-hydrogen) atoms. The largest absolute Gasteiger partial charge is 0.497 e. The van der Waals surface area contributed by atoms with Crippen molar-refractivity contribution in [1.29, 1.82) is 0 Å². The second-order valence-corrected chi connectivity index (χ2v) is 12.6. The number of amides is 3. The maximum absolute atomic E-state index is 14.4. The monoisotopic (exact) mass is 664 g/mol. The first kappa shape index (κ1) is 36.6. The van der Waals surface area contributed by atoms with E-state index in [1.165, 1.54) is 24.3 Å². The fourth-order valence-corrected chi connectivity index (χ4v) is 5.70. The van der Waals surface area contributed by atoms with E-state index in [4.69, 9.17) is 14.2 Å². The number of methoxy groups -OCH3 is 1. The number of anilines is 2. The Kier molecular flexibility index (Phi) is 13.6. The summed E-state index contributed by atoms with van der Waals surface area (Å²) in [5, 5.41) is 15.7. The van der Waals surface area contributed by atoms with Crippen LogP contribution in [-0.2, 0) is 11.3 Å². The van der Waals surface area contributed by atoms with Crippen molar-refractivity contribution in [1.82, 2.24) is 9.80 Å². The van der Waals surface area contributed by atoms with Crippen molar-refractivity contribution in [3.8, 4) is 11.5 Å². The molecule has 0 aliphatic carbocycles. The molecule has 1 aliphatic heterocycles. The second kappa shape index (κ2) is 17.8. The van der Waals surface area contributed by atoms with Crippen molar-refractivity contribution in [3.63, 3.8) is 0 Å². The second-order valence-electron chi connectivity index (χ2n) is 12.6. The van der Waals surface area contributed by atoms with Crippen LogP contribution in [0.25, 0.3) is 0 Å². The number of nitrogens with zero attached hydrogens (tertiary/aromatic N) is 2. The average Bonchev–Trinajstić information content (AvgIpc) is 3.07. The highest BCUT2D eigenvalue weighted by atomic mass is 19.1. The van der Waals surface area contributed by atoms with E-state index >= 15 is 0 Å². The Labute approximate surface area is 283 Å². The molecule has 3 N–H and O–H groups in total. The Hall–Kier alpha value is -4.19. The normalized spacial score (nSPS) is 19.9. The van der Waals surface area contributed by atoms with Crippen LogP contribution in [-0.4, -0.2) is 85.6 Å². The highest BCUT2D eigenvalue weighted by Crippen LogP contribution is 2.29.